The molecule has 2 aromatic carbocycles. The van der Waals surface area contributed by atoms with Crippen LogP contribution in [0.3, 0.4) is 0 Å². The van der Waals surface area contributed by atoms with Crippen molar-refractivity contribution >= 4 is 33.8 Å². The standard InChI is InChI=1S/C15H13NS/c1-10-2-5-13-12(11-3-4-11)6-7-15(16-9-17)14(13)8-10/h2,5-8,11H,3-4H2,1H3. The van der Waals surface area contributed by atoms with Crippen LogP contribution < -0.4 is 0 Å². The van der Waals surface area contributed by atoms with E-state index >= 15 is 0 Å². The van der Waals surface area contributed by atoms with Gasteiger partial charge in [0.2, 0.25) is 0 Å². The summed E-state index contributed by atoms with van der Waals surface area (Å²) in [4.78, 5) is 4.16. The normalized spacial score (nSPS) is 14.6. The molecule has 0 atom stereocenters. The summed E-state index contributed by atoms with van der Waals surface area (Å²) in [5.41, 5.74) is 3.65. The van der Waals surface area contributed by atoms with Crippen LogP contribution in [0.4, 0.5) is 5.69 Å². The number of hydrogen-bond donors (Lipinski definition) is 0. The van der Waals surface area contributed by atoms with E-state index in [1.54, 1.807) is 0 Å². The molecule has 84 valence electrons. The molecule has 17 heavy (non-hydrogen) atoms. The van der Waals surface area contributed by atoms with Crippen molar-refractivity contribution in [1.82, 2.24) is 0 Å². The van der Waals surface area contributed by atoms with Crippen molar-refractivity contribution in [3.05, 3.63) is 41.5 Å². The maximum atomic E-state index is 4.71. The lowest BCUT2D eigenvalue weighted by Crippen LogP contribution is -1.85. The van der Waals surface area contributed by atoms with Gasteiger partial charge in [-0.2, -0.15) is 4.99 Å². The molecule has 1 saturated carbocycles. The summed E-state index contributed by atoms with van der Waals surface area (Å²) in [6, 6.07) is 10.8. The molecule has 0 spiro atoms. The van der Waals surface area contributed by atoms with Crippen LogP contribution in [0.1, 0.15) is 29.9 Å². The summed E-state index contributed by atoms with van der Waals surface area (Å²) in [6.07, 6.45) is 2.64. The summed E-state index contributed by atoms with van der Waals surface area (Å²) in [5, 5.41) is 4.99. The largest absolute Gasteiger partial charge is 0.194 e. The topological polar surface area (TPSA) is 12.4 Å². The number of aryl methyl sites for hydroxylation is 1. The van der Waals surface area contributed by atoms with Crippen LogP contribution in [-0.2, 0) is 0 Å². The number of aliphatic imine (C=N–C) groups is 1. The van der Waals surface area contributed by atoms with Gasteiger partial charge >= 0.3 is 0 Å². The smallest absolute Gasteiger partial charge is 0.0818 e. The highest BCUT2D eigenvalue weighted by Gasteiger charge is 2.25. The highest BCUT2D eigenvalue weighted by atomic mass is 32.1. The Morgan fingerprint density at radius 2 is 2.00 bits per heavy atom. The van der Waals surface area contributed by atoms with Gasteiger partial charge in [0.05, 0.1) is 10.8 Å². The molecule has 0 aliphatic heterocycles. The number of benzene rings is 2. The van der Waals surface area contributed by atoms with E-state index in [0.29, 0.717) is 0 Å². The van der Waals surface area contributed by atoms with Crippen molar-refractivity contribution in [3.8, 4) is 0 Å². The second kappa shape index (κ2) is 4.06. The van der Waals surface area contributed by atoms with Gasteiger partial charge in [0.25, 0.3) is 0 Å². The molecule has 2 heteroatoms. The molecule has 1 fully saturated rings. The van der Waals surface area contributed by atoms with E-state index in [4.69, 9.17) is 12.2 Å². The molecule has 1 aliphatic rings. The van der Waals surface area contributed by atoms with Crippen molar-refractivity contribution in [2.45, 2.75) is 25.7 Å². The fourth-order valence-electron chi connectivity index (χ4n) is 2.37. The van der Waals surface area contributed by atoms with Gasteiger partial charge in [-0.25, -0.2) is 0 Å². The first-order chi connectivity index (χ1) is 8.29. The molecular formula is C15H13NS. The van der Waals surface area contributed by atoms with E-state index in [1.807, 2.05) is 0 Å². The van der Waals surface area contributed by atoms with E-state index in [1.165, 1.54) is 34.7 Å². The van der Waals surface area contributed by atoms with Crippen molar-refractivity contribution in [2.24, 2.45) is 4.99 Å². The van der Waals surface area contributed by atoms with Crippen LogP contribution in [-0.4, -0.2) is 5.16 Å². The molecule has 1 nitrogen and oxygen atoms in total. The first-order valence-corrected chi connectivity index (χ1v) is 6.31. The SMILES string of the molecule is Cc1ccc2c(C3CC3)ccc(N=C=S)c2c1. The molecule has 0 saturated heterocycles. The van der Waals surface area contributed by atoms with Crippen LogP contribution >= 0.6 is 12.2 Å². The predicted molar refractivity (Wildman–Crippen MR) is 75.3 cm³/mol. The maximum absolute atomic E-state index is 4.71. The lowest BCUT2D eigenvalue weighted by molar-refractivity contribution is 1.15. The van der Waals surface area contributed by atoms with Gasteiger partial charge in [-0.1, -0.05) is 23.8 Å². The highest BCUT2D eigenvalue weighted by molar-refractivity contribution is 7.78. The Kier molecular flexibility index (Phi) is 2.54. The summed E-state index contributed by atoms with van der Waals surface area (Å²) in [6.45, 7) is 2.11. The fourth-order valence-corrected chi connectivity index (χ4v) is 2.47. The summed E-state index contributed by atoms with van der Waals surface area (Å²) in [5.74, 6) is 0.755. The van der Waals surface area contributed by atoms with Crippen LogP contribution in [0.25, 0.3) is 10.8 Å². The number of fused-ring (bicyclic) bond motifs is 1. The van der Waals surface area contributed by atoms with E-state index in [2.05, 4.69) is 47.4 Å². The number of thiocarbonyl (C=S) groups is 1. The summed E-state index contributed by atoms with van der Waals surface area (Å²) in [7, 11) is 0. The molecular weight excluding hydrogens is 226 g/mol. The Labute approximate surface area is 106 Å². The lowest BCUT2D eigenvalue weighted by Gasteiger charge is -2.08. The van der Waals surface area contributed by atoms with Gasteiger partial charge in [-0.3, -0.25) is 0 Å². The maximum Gasteiger partial charge on any atom is 0.0818 e. The highest BCUT2D eigenvalue weighted by Crippen LogP contribution is 2.44. The Morgan fingerprint density at radius 3 is 2.71 bits per heavy atom. The van der Waals surface area contributed by atoms with Gasteiger partial charge in [0.15, 0.2) is 0 Å². The van der Waals surface area contributed by atoms with E-state index < -0.39 is 0 Å². The van der Waals surface area contributed by atoms with E-state index in [-0.39, 0.29) is 0 Å². The Hall–Kier alpha value is -1.50. The minimum atomic E-state index is 0.755. The van der Waals surface area contributed by atoms with Crippen molar-refractivity contribution in [1.29, 1.82) is 0 Å². The average Bonchev–Trinajstić information content (AvgIpc) is 3.14. The van der Waals surface area contributed by atoms with E-state index in [0.717, 1.165) is 11.6 Å². The van der Waals surface area contributed by atoms with Crippen LogP contribution in [0.2, 0.25) is 0 Å². The third kappa shape index (κ3) is 1.90. The molecule has 0 bridgehead atoms. The second-order valence-electron chi connectivity index (χ2n) is 4.70. The molecule has 0 unspecified atom stereocenters. The third-order valence-corrected chi connectivity index (χ3v) is 3.46. The van der Waals surface area contributed by atoms with E-state index in [9.17, 15) is 0 Å². The number of hydrogen-bond acceptors (Lipinski definition) is 2. The Morgan fingerprint density at radius 1 is 1.18 bits per heavy atom. The molecule has 3 rings (SSSR count). The molecule has 2 aromatic rings. The fraction of sp³-hybridized carbons (Fsp3) is 0.267. The minimum absolute atomic E-state index is 0.755. The molecule has 0 N–H and O–H groups in total. The van der Waals surface area contributed by atoms with Gasteiger partial charge in [-0.05, 0) is 61.0 Å². The molecule has 1 aliphatic carbocycles. The van der Waals surface area contributed by atoms with Crippen molar-refractivity contribution in [3.63, 3.8) is 0 Å². The van der Waals surface area contributed by atoms with Crippen LogP contribution in [0.15, 0.2) is 35.3 Å². The van der Waals surface area contributed by atoms with Gasteiger partial charge in [0, 0.05) is 5.39 Å². The molecule has 0 aromatic heterocycles. The first-order valence-electron chi connectivity index (χ1n) is 5.91. The zero-order valence-electron chi connectivity index (χ0n) is 9.73. The predicted octanol–water partition coefficient (Wildman–Crippen LogP) is 4.76. The Bertz CT molecular complexity index is 635. The zero-order valence-corrected chi connectivity index (χ0v) is 10.6. The Balaban J connectivity index is 2.34. The second-order valence-corrected chi connectivity index (χ2v) is 4.88. The van der Waals surface area contributed by atoms with Crippen molar-refractivity contribution in [2.75, 3.05) is 0 Å². The van der Waals surface area contributed by atoms with Gasteiger partial charge < -0.3 is 0 Å². The number of rotatable bonds is 2. The lowest BCUT2D eigenvalue weighted by atomic mass is 9.98. The molecule has 0 radical (unpaired) electrons. The number of nitrogens with zero attached hydrogens (tertiary/aromatic N) is 1. The summed E-state index contributed by atoms with van der Waals surface area (Å²) >= 11 is 4.71. The van der Waals surface area contributed by atoms with Crippen LogP contribution in [0, 0.1) is 6.92 Å². The van der Waals surface area contributed by atoms with Gasteiger partial charge in [0.1, 0.15) is 0 Å². The minimum Gasteiger partial charge on any atom is -0.194 e. The third-order valence-electron chi connectivity index (χ3n) is 3.37. The average molecular weight is 239 g/mol. The first kappa shape index (κ1) is 10.6. The van der Waals surface area contributed by atoms with Gasteiger partial charge in [-0.15, -0.1) is 0 Å². The van der Waals surface area contributed by atoms with Crippen LogP contribution in [0.5, 0.6) is 0 Å². The van der Waals surface area contributed by atoms with Crippen molar-refractivity contribution < 1.29 is 0 Å². The monoisotopic (exact) mass is 239 g/mol. The number of isothiocyanates is 1. The quantitative estimate of drug-likeness (QED) is 0.543. The zero-order chi connectivity index (χ0) is 11.8. The molecule has 0 heterocycles. The molecule has 0 amide bonds. The summed E-state index contributed by atoms with van der Waals surface area (Å²) < 4.78 is 0.